The van der Waals surface area contributed by atoms with Crippen molar-refractivity contribution in [3.05, 3.63) is 52.9 Å². The first kappa shape index (κ1) is 14.5. The molecule has 20 heavy (non-hydrogen) atoms. The molecule has 1 heterocycles. The Morgan fingerprint density at radius 1 is 1.35 bits per heavy atom. The van der Waals surface area contributed by atoms with Crippen molar-refractivity contribution in [1.82, 2.24) is 4.90 Å². The molecular weight excluding hydrogens is 276 g/mol. The third kappa shape index (κ3) is 3.54. The van der Waals surface area contributed by atoms with E-state index >= 15 is 0 Å². The van der Waals surface area contributed by atoms with Gasteiger partial charge in [0.2, 0.25) is 0 Å². The van der Waals surface area contributed by atoms with Crippen LogP contribution < -0.4 is 5.73 Å². The van der Waals surface area contributed by atoms with E-state index < -0.39 is 0 Å². The summed E-state index contributed by atoms with van der Waals surface area (Å²) in [6.07, 6.45) is 0.864. The summed E-state index contributed by atoms with van der Waals surface area (Å²) in [6, 6.07) is 10.7. The summed E-state index contributed by atoms with van der Waals surface area (Å²) in [5.74, 6) is 0.0912. The summed E-state index contributed by atoms with van der Waals surface area (Å²) in [5, 5.41) is 0.216. The van der Waals surface area contributed by atoms with Crippen molar-refractivity contribution < 1.29 is 9.21 Å². The van der Waals surface area contributed by atoms with Crippen LogP contribution in [0.5, 0.6) is 0 Å². The van der Waals surface area contributed by atoms with Gasteiger partial charge in [-0.3, -0.25) is 4.79 Å². The van der Waals surface area contributed by atoms with Crippen LogP contribution in [0.15, 0.2) is 40.8 Å². The van der Waals surface area contributed by atoms with Crippen LogP contribution in [-0.4, -0.2) is 17.4 Å². The van der Waals surface area contributed by atoms with E-state index in [2.05, 4.69) is 0 Å². The van der Waals surface area contributed by atoms with Crippen LogP contribution in [0, 0.1) is 0 Å². The molecule has 0 atom stereocenters. The van der Waals surface area contributed by atoms with Crippen LogP contribution in [0.2, 0.25) is 5.22 Å². The molecule has 0 spiro atoms. The molecule has 0 fully saturated rings. The number of hydrogen-bond donors (Lipinski definition) is 1. The van der Waals surface area contributed by atoms with E-state index in [1.807, 2.05) is 31.2 Å². The number of rotatable bonds is 5. The van der Waals surface area contributed by atoms with Crippen LogP contribution in [0.3, 0.4) is 0 Å². The maximum absolute atomic E-state index is 12.4. The molecule has 0 aliphatic heterocycles. The molecule has 5 heteroatoms. The number of hydrogen-bond acceptors (Lipinski definition) is 3. The summed E-state index contributed by atoms with van der Waals surface area (Å²) >= 11 is 5.71. The summed E-state index contributed by atoms with van der Waals surface area (Å²) < 4.78 is 5.18. The molecule has 0 bridgehead atoms. The highest BCUT2D eigenvalue weighted by Gasteiger charge is 2.18. The predicted molar refractivity (Wildman–Crippen MR) is 79.6 cm³/mol. The maximum Gasteiger partial charge on any atom is 0.289 e. The topological polar surface area (TPSA) is 59.5 Å². The van der Waals surface area contributed by atoms with Gasteiger partial charge in [-0.2, -0.15) is 0 Å². The lowest BCUT2D eigenvalue weighted by Crippen LogP contribution is -2.31. The monoisotopic (exact) mass is 292 g/mol. The number of halogens is 1. The van der Waals surface area contributed by atoms with Crippen LogP contribution in [0.1, 0.15) is 29.5 Å². The fraction of sp³-hybridized carbons (Fsp3) is 0.267. The molecule has 2 aromatic rings. The highest BCUT2D eigenvalue weighted by atomic mass is 35.5. The van der Waals surface area contributed by atoms with Crippen molar-refractivity contribution in [1.29, 1.82) is 0 Å². The molecule has 0 saturated heterocycles. The van der Waals surface area contributed by atoms with E-state index in [0.717, 1.165) is 12.0 Å². The van der Waals surface area contributed by atoms with E-state index in [9.17, 15) is 4.79 Å². The van der Waals surface area contributed by atoms with Gasteiger partial charge in [-0.1, -0.05) is 19.1 Å². The second-order valence-corrected chi connectivity index (χ2v) is 4.95. The van der Waals surface area contributed by atoms with Crippen LogP contribution in [-0.2, 0) is 6.54 Å². The minimum atomic E-state index is -0.166. The van der Waals surface area contributed by atoms with E-state index in [4.69, 9.17) is 21.8 Å². The second kappa shape index (κ2) is 6.48. The smallest absolute Gasteiger partial charge is 0.289 e. The first-order valence-electron chi connectivity index (χ1n) is 6.49. The highest BCUT2D eigenvalue weighted by molar-refractivity contribution is 6.29. The SMILES string of the molecule is CCCN(Cc1cccc(N)c1)C(=O)c1ccc(Cl)o1. The minimum Gasteiger partial charge on any atom is -0.440 e. The highest BCUT2D eigenvalue weighted by Crippen LogP contribution is 2.17. The Bertz CT molecular complexity index is 595. The van der Waals surface area contributed by atoms with Gasteiger partial charge in [-0.05, 0) is 47.9 Å². The maximum atomic E-state index is 12.4. The number of nitrogens with two attached hydrogens (primary N) is 1. The zero-order chi connectivity index (χ0) is 14.5. The van der Waals surface area contributed by atoms with Gasteiger partial charge in [0.25, 0.3) is 5.91 Å². The summed E-state index contributed by atoms with van der Waals surface area (Å²) in [4.78, 5) is 14.1. The number of nitrogen functional groups attached to an aromatic ring is 1. The Labute approximate surface area is 123 Å². The van der Waals surface area contributed by atoms with Crippen LogP contribution in [0.25, 0.3) is 0 Å². The predicted octanol–water partition coefficient (Wildman–Crippen LogP) is 3.57. The molecule has 1 aromatic carbocycles. The molecule has 0 unspecified atom stereocenters. The van der Waals surface area contributed by atoms with Crippen molar-refractivity contribution in [2.75, 3.05) is 12.3 Å². The second-order valence-electron chi connectivity index (χ2n) is 4.58. The number of anilines is 1. The minimum absolute atomic E-state index is 0.166. The number of amides is 1. The standard InChI is InChI=1S/C15H17ClN2O2/c1-2-8-18(10-11-4-3-5-12(17)9-11)15(19)13-6-7-14(16)20-13/h3-7,9H,2,8,10,17H2,1H3. The normalized spacial score (nSPS) is 10.5. The first-order valence-corrected chi connectivity index (χ1v) is 6.87. The Kier molecular flexibility index (Phi) is 4.69. The van der Waals surface area contributed by atoms with Crippen molar-refractivity contribution >= 4 is 23.2 Å². The number of furan rings is 1. The van der Waals surface area contributed by atoms with E-state index in [1.165, 1.54) is 0 Å². The zero-order valence-corrected chi connectivity index (χ0v) is 12.1. The molecule has 2 rings (SSSR count). The molecule has 0 aliphatic carbocycles. The Morgan fingerprint density at radius 3 is 2.75 bits per heavy atom. The van der Waals surface area contributed by atoms with Gasteiger partial charge in [-0.25, -0.2) is 0 Å². The quantitative estimate of drug-likeness (QED) is 0.857. The fourth-order valence-corrected chi connectivity index (χ4v) is 2.17. The summed E-state index contributed by atoms with van der Waals surface area (Å²) in [5.41, 5.74) is 7.44. The number of carbonyl (C=O) groups excluding carboxylic acids is 1. The first-order chi connectivity index (χ1) is 9.60. The molecule has 4 nitrogen and oxygen atoms in total. The Hall–Kier alpha value is -1.94. The average molecular weight is 293 g/mol. The van der Waals surface area contributed by atoms with E-state index in [0.29, 0.717) is 18.8 Å². The lowest BCUT2D eigenvalue weighted by atomic mass is 10.2. The van der Waals surface area contributed by atoms with Crippen LogP contribution in [0.4, 0.5) is 5.69 Å². The lowest BCUT2D eigenvalue weighted by molar-refractivity contribution is 0.0711. The molecule has 106 valence electrons. The summed E-state index contributed by atoms with van der Waals surface area (Å²) in [6.45, 7) is 3.16. The van der Waals surface area contributed by atoms with Crippen molar-refractivity contribution in [2.24, 2.45) is 0 Å². The fourth-order valence-electron chi connectivity index (χ4n) is 2.02. The molecule has 1 aromatic heterocycles. The van der Waals surface area contributed by atoms with Crippen molar-refractivity contribution in [2.45, 2.75) is 19.9 Å². The van der Waals surface area contributed by atoms with Gasteiger partial charge in [0.05, 0.1) is 0 Å². The van der Waals surface area contributed by atoms with Gasteiger partial charge in [0.1, 0.15) is 0 Å². The van der Waals surface area contributed by atoms with Crippen LogP contribution >= 0.6 is 11.6 Å². The molecular formula is C15H17ClN2O2. The van der Waals surface area contributed by atoms with Gasteiger partial charge in [0.15, 0.2) is 11.0 Å². The average Bonchev–Trinajstić information content (AvgIpc) is 2.84. The summed E-state index contributed by atoms with van der Waals surface area (Å²) in [7, 11) is 0. The Morgan fingerprint density at radius 2 is 2.15 bits per heavy atom. The third-order valence-electron chi connectivity index (χ3n) is 2.89. The molecule has 0 radical (unpaired) electrons. The largest absolute Gasteiger partial charge is 0.440 e. The van der Waals surface area contributed by atoms with Gasteiger partial charge in [-0.15, -0.1) is 0 Å². The third-order valence-corrected chi connectivity index (χ3v) is 3.09. The molecule has 0 saturated carbocycles. The lowest BCUT2D eigenvalue weighted by Gasteiger charge is -2.21. The number of carbonyl (C=O) groups is 1. The zero-order valence-electron chi connectivity index (χ0n) is 11.3. The number of nitrogens with zero attached hydrogens (tertiary/aromatic N) is 1. The van der Waals surface area contributed by atoms with Gasteiger partial charge in [0, 0.05) is 18.8 Å². The Balaban J connectivity index is 2.16. The molecule has 2 N–H and O–H groups in total. The molecule has 0 aliphatic rings. The van der Waals surface area contributed by atoms with E-state index in [-0.39, 0.29) is 16.9 Å². The van der Waals surface area contributed by atoms with E-state index in [1.54, 1.807) is 17.0 Å². The number of benzene rings is 1. The van der Waals surface area contributed by atoms with Gasteiger partial charge >= 0.3 is 0 Å². The van der Waals surface area contributed by atoms with Crippen molar-refractivity contribution in [3.8, 4) is 0 Å². The molecule has 1 amide bonds. The van der Waals surface area contributed by atoms with Gasteiger partial charge < -0.3 is 15.1 Å². The van der Waals surface area contributed by atoms with Crippen molar-refractivity contribution in [3.63, 3.8) is 0 Å².